The molecule has 0 aliphatic heterocycles. The summed E-state index contributed by atoms with van der Waals surface area (Å²) in [6.07, 6.45) is -8.82. The van der Waals surface area contributed by atoms with Crippen LogP contribution in [0, 0.1) is 0 Å². The molecule has 1 amide bonds. The first-order chi connectivity index (χ1) is 12.1. The minimum absolute atomic E-state index is 0.127. The number of amides is 1. The number of hydrogen-bond donors (Lipinski definition) is 2. The van der Waals surface area contributed by atoms with Crippen molar-refractivity contribution >= 4 is 46.6 Å². The summed E-state index contributed by atoms with van der Waals surface area (Å²) in [5, 5.41) is 12.0. The summed E-state index contributed by atoms with van der Waals surface area (Å²) in [7, 11) is 1.11. The van der Waals surface area contributed by atoms with Gasteiger partial charge < -0.3 is 14.6 Å². The predicted octanol–water partition coefficient (Wildman–Crippen LogP) is 5.51. The van der Waals surface area contributed by atoms with Crippen LogP contribution in [0.25, 0.3) is 0 Å². The van der Waals surface area contributed by atoms with Crippen LogP contribution in [0.15, 0.2) is 12.1 Å². The van der Waals surface area contributed by atoms with E-state index in [1.807, 2.05) is 0 Å². The zero-order chi connectivity index (χ0) is 21.2. The molecule has 1 atom stereocenters. The van der Waals surface area contributed by atoms with Gasteiger partial charge in [-0.3, -0.25) is 5.32 Å². The molecule has 0 spiro atoms. The molecule has 2 N–H and O–H groups in total. The van der Waals surface area contributed by atoms with Gasteiger partial charge in [0.1, 0.15) is 12.4 Å². The Morgan fingerprint density at radius 1 is 1.22 bits per heavy atom. The Morgan fingerprint density at radius 3 is 2.19 bits per heavy atom. The Bertz CT molecular complexity index is 685. The van der Waals surface area contributed by atoms with Crippen LogP contribution < -0.4 is 10.1 Å². The number of carbonyl (C=O) groups excluding carboxylic acids is 1. The molecule has 0 saturated carbocycles. The number of alkyl halides is 6. The molecule has 0 fully saturated rings. The summed E-state index contributed by atoms with van der Waals surface area (Å²) in [5.74, 6) is -0.362. The van der Waals surface area contributed by atoms with Crippen LogP contribution in [0.4, 0.5) is 23.7 Å². The van der Waals surface area contributed by atoms with Crippen molar-refractivity contribution in [1.82, 2.24) is 0 Å². The van der Waals surface area contributed by atoms with Gasteiger partial charge in [0.05, 0.1) is 12.8 Å². The van der Waals surface area contributed by atoms with Crippen LogP contribution in [-0.2, 0) is 10.2 Å². The molecule has 5 nitrogen and oxygen atoms in total. The highest BCUT2D eigenvalue weighted by Crippen LogP contribution is 2.43. The Kier molecular flexibility index (Phi) is 7.55. The summed E-state index contributed by atoms with van der Waals surface area (Å²) in [6, 6.07) is 2.59. The number of hydrogen-bond acceptors (Lipinski definition) is 4. The first-order valence-electron chi connectivity index (χ1n) is 7.54. The van der Waals surface area contributed by atoms with Gasteiger partial charge in [-0.15, -0.1) is 0 Å². The molecule has 0 aliphatic carbocycles. The third-order valence-electron chi connectivity index (χ3n) is 3.40. The fourth-order valence-corrected chi connectivity index (χ4v) is 2.24. The fourth-order valence-electron chi connectivity index (χ4n) is 2.08. The van der Waals surface area contributed by atoms with Crippen molar-refractivity contribution in [2.45, 2.75) is 42.3 Å². The van der Waals surface area contributed by atoms with Crippen molar-refractivity contribution in [2.75, 3.05) is 19.0 Å². The standard InChI is InChI=1S/C16H19Cl3F3NO4/c1-14(2,3)8-5-9(12(24)16(20,21)22)11(26-4)10(6-8)23-13(25)27-7-15(17,18)19/h5-6,12,24H,7H2,1-4H3,(H,23,25). The smallest absolute Gasteiger partial charge is 0.418 e. The van der Waals surface area contributed by atoms with Gasteiger partial charge in [0.2, 0.25) is 3.79 Å². The van der Waals surface area contributed by atoms with Crippen LogP contribution in [0.5, 0.6) is 5.75 Å². The predicted molar refractivity (Wildman–Crippen MR) is 98.0 cm³/mol. The molecule has 0 heterocycles. The first kappa shape index (κ1) is 23.9. The lowest BCUT2D eigenvalue weighted by molar-refractivity contribution is -0.207. The van der Waals surface area contributed by atoms with Gasteiger partial charge in [0, 0.05) is 5.56 Å². The Morgan fingerprint density at radius 2 is 1.78 bits per heavy atom. The van der Waals surface area contributed by atoms with E-state index in [4.69, 9.17) is 44.3 Å². The van der Waals surface area contributed by atoms with Crippen LogP contribution >= 0.6 is 34.8 Å². The monoisotopic (exact) mass is 451 g/mol. The number of aliphatic hydroxyl groups excluding tert-OH is 1. The number of benzene rings is 1. The minimum atomic E-state index is -4.93. The molecule has 11 heteroatoms. The molecule has 1 rings (SSSR count). The van der Waals surface area contributed by atoms with Crippen molar-refractivity contribution in [2.24, 2.45) is 0 Å². The Labute approximate surface area is 169 Å². The molecule has 154 valence electrons. The highest BCUT2D eigenvalue weighted by molar-refractivity contribution is 6.67. The van der Waals surface area contributed by atoms with E-state index in [0.717, 1.165) is 7.11 Å². The molecular formula is C16H19Cl3F3NO4. The quantitative estimate of drug-likeness (QED) is 0.591. The molecular weight excluding hydrogens is 434 g/mol. The van der Waals surface area contributed by atoms with Crippen LogP contribution in [0.3, 0.4) is 0 Å². The second kappa shape index (κ2) is 8.51. The molecule has 1 unspecified atom stereocenters. The summed E-state index contributed by atoms with van der Waals surface area (Å²) >= 11 is 16.5. The number of anilines is 1. The van der Waals surface area contributed by atoms with E-state index >= 15 is 0 Å². The summed E-state index contributed by atoms with van der Waals surface area (Å²) in [6.45, 7) is 4.68. The van der Waals surface area contributed by atoms with Gasteiger partial charge in [-0.2, -0.15) is 13.2 Å². The van der Waals surface area contributed by atoms with Crippen molar-refractivity contribution in [3.05, 3.63) is 23.3 Å². The van der Waals surface area contributed by atoms with Gasteiger partial charge in [0.15, 0.2) is 6.10 Å². The largest absolute Gasteiger partial charge is 0.494 e. The van der Waals surface area contributed by atoms with Crippen molar-refractivity contribution in [3.63, 3.8) is 0 Å². The third-order valence-corrected chi connectivity index (χ3v) is 3.72. The number of methoxy groups -OCH3 is 1. The topological polar surface area (TPSA) is 67.8 Å². The fraction of sp³-hybridized carbons (Fsp3) is 0.562. The highest BCUT2D eigenvalue weighted by atomic mass is 35.6. The van der Waals surface area contributed by atoms with Crippen LogP contribution in [0.1, 0.15) is 38.0 Å². The normalized spacial score (nSPS) is 13.9. The maximum atomic E-state index is 13.1. The van der Waals surface area contributed by atoms with E-state index in [1.54, 1.807) is 20.8 Å². The lowest BCUT2D eigenvalue weighted by Gasteiger charge is -2.26. The SMILES string of the molecule is COc1c(NC(=O)OCC(Cl)(Cl)Cl)cc(C(C)(C)C)cc1C(O)C(F)(F)F. The Hall–Kier alpha value is -1.09. The third kappa shape index (κ3) is 7.10. The number of carbonyl (C=O) groups is 1. The van der Waals surface area contributed by atoms with Crippen molar-refractivity contribution in [1.29, 1.82) is 0 Å². The van der Waals surface area contributed by atoms with Gasteiger partial charge >= 0.3 is 12.3 Å². The molecule has 0 saturated heterocycles. The molecule has 0 bridgehead atoms. The van der Waals surface area contributed by atoms with Crippen LogP contribution in [0.2, 0.25) is 0 Å². The highest BCUT2D eigenvalue weighted by Gasteiger charge is 2.42. The molecule has 0 radical (unpaired) electrons. The lowest BCUT2D eigenvalue weighted by atomic mass is 9.84. The summed E-state index contributed by atoms with van der Waals surface area (Å²) in [4.78, 5) is 11.9. The van der Waals surface area contributed by atoms with E-state index in [2.05, 4.69) is 5.32 Å². The van der Waals surface area contributed by atoms with Gasteiger partial charge in [-0.05, 0) is 23.1 Å². The molecule has 0 aromatic heterocycles. The van der Waals surface area contributed by atoms with E-state index in [1.165, 1.54) is 12.1 Å². The number of halogens is 6. The number of nitrogens with one attached hydrogen (secondary N) is 1. The van der Waals surface area contributed by atoms with E-state index < -0.39 is 39.8 Å². The maximum absolute atomic E-state index is 13.1. The zero-order valence-corrected chi connectivity index (χ0v) is 17.1. The molecule has 0 aliphatic rings. The van der Waals surface area contributed by atoms with Crippen molar-refractivity contribution < 1.29 is 32.5 Å². The average Bonchev–Trinajstić information content (AvgIpc) is 2.49. The average molecular weight is 453 g/mol. The van der Waals surface area contributed by atoms with Gasteiger partial charge in [0.25, 0.3) is 0 Å². The molecule has 27 heavy (non-hydrogen) atoms. The zero-order valence-electron chi connectivity index (χ0n) is 14.9. The number of aliphatic hydroxyl groups is 1. The maximum Gasteiger partial charge on any atom is 0.418 e. The first-order valence-corrected chi connectivity index (χ1v) is 8.67. The van der Waals surface area contributed by atoms with Crippen molar-refractivity contribution in [3.8, 4) is 5.75 Å². The molecule has 1 aromatic carbocycles. The second-order valence-corrected chi connectivity index (χ2v) is 9.17. The van der Waals surface area contributed by atoms with E-state index in [0.29, 0.717) is 5.56 Å². The minimum Gasteiger partial charge on any atom is -0.494 e. The lowest BCUT2D eigenvalue weighted by Crippen LogP contribution is -2.24. The van der Waals surface area contributed by atoms with E-state index in [9.17, 15) is 23.1 Å². The summed E-state index contributed by atoms with van der Waals surface area (Å²) < 4.78 is 47.1. The van der Waals surface area contributed by atoms with Gasteiger partial charge in [-0.1, -0.05) is 55.6 Å². The summed E-state index contributed by atoms with van der Waals surface area (Å²) in [5.41, 5.74) is -0.852. The molecule has 1 aromatic rings. The number of rotatable bonds is 4. The second-order valence-electron chi connectivity index (χ2n) is 6.66. The van der Waals surface area contributed by atoms with Gasteiger partial charge in [-0.25, -0.2) is 4.79 Å². The Balaban J connectivity index is 3.38. The van der Waals surface area contributed by atoms with Crippen LogP contribution in [-0.4, -0.2) is 34.9 Å². The van der Waals surface area contributed by atoms with E-state index in [-0.39, 0.29) is 11.4 Å². The number of ether oxygens (including phenoxy) is 2.